The van der Waals surface area contributed by atoms with Crippen LogP contribution in [-0.2, 0) is 32.1 Å². The van der Waals surface area contributed by atoms with Gasteiger partial charge >= 0.3 is 0 Å². The molecule has 0 bridgehead atoms. The van der Waals surface area contributed by atoms with Gasteiger partial charge in [-0.2, -0.15) is 0 Å². The van der Waals surface area contributed by atoms with Crippen molar-refractivity contribution in [1.29, 1.82) is 0 Å². The largest absolute Gasteiger partial charge is 0.508 e. The van der Waals surface area contributed by atoms with Gasteiger partial charge in [-0.1, -0.05) is 95.0 Å². The zero-order valence-corrected chi connectivity index (χ0v) is 45.0. The van der Waals surface area contributed by atoms with Crippen LogP contribution in [0.4, 0.5) is 0 Å². The normalized spacial score (nSPS) is 25.2. The predicted molar refractivity (Wildman–Crippen MR) is 288 cm³/mol. The van der Waals surface area contributed by atoms with E-state index in [0.717, 1.165) is 54.8 Å². The zero-order valence-electron chi connectivity index (χ0n) is 45.0. The van der Waals surface area contributed by atoms with Crippen LogP contribution >= 0.6 is 0 Å². The highest BCUT2D eigenvalue weighted by atomic mass is 16.5. The summed E-state index contributed by atoms with van der Waals surface area (Å²) < 4.78 is 18.3. The van der Waals surface area contributed by atoms with Gasteiger partial charge in [0.25, 0.3) is 0 Å². The van der Waals surface area contributed by atoms with E-state index in [1.807, 2.05) is 0 Å². The fraction of sp³-hybridized carbons (Fsp3) is 0.583. The van der Waals surface area contributed by atoms with Gasteiger partial charge in [-0.25, -0.2) is 0 Å². The Hall–Kier alpha value is -5.89. The molecule has 3 fully saturated rings. The van der Waals surface area contributed by atoms with E-state index in [2.05, 4.69) is 61.6 Å². The van der Waals surface area contributed by atoms with Crippen molar-refractivity contribution in [1.82, 2.24) is 25.6 Å². The average molecular weight is 1020 g/mol. The molecule has 1 heterocycles. The monoisotopic (exact) mass is 1020 g/mol. The Morgan fingerprint density at radius 2 is 1.54 bits per heavy atom. The molecule has 3 saturated carbocycles. The van der Waals surface area contributed by atoms with Gasteiger partial charge < -0.3 is 40.2 Å². The lowest BCUT2D eigenvalue weighted by Crippen LogP contribution is -2.51. The Kier molecular flexibility index (Phi) is 19.3. The highest BCUT2D eigenvalue weighted by molar-refractivity contribution is 6.07. The molecule has 5 N–H and O–H groups in total. The maximum absolute atomic E-state index is 13.6. The molecule has 4 aliphatic carbocycles. The maximum atomic E-state index is 13.6. The molecule has 2 aromatic carbocycles. The van der Waals surface area contributed by atoms with E-state index >= 15 is 0 Å². The summed E-state index contributed by atoms with van der Waals surface area (Å²) in [5, 5.41) is 45.5. The van der Waals surface area contributed by atoms with Crippen molar-refractivity contribution in [3.05, 3.63) is 94.5 Å². The number of aliphatic hydroxyl groups is 1. The van der Waals surface area contributed by atoms with Crippen LogP contribution in [0.25, 0.3) is 12.2 Å². The zero-order chi connectivity index (χ0) is 53.0. The number of ether oxygens (including phenoxy) is 3. The molecule has 0 unspecified atom stereocenters. The second-order valence-corrected chi connectivity index (χ2v) is 22.5. The van der Waals surface area contributed by atoms with E-state index in [1.165, 1.54) is 89.9 Å². The van der Waals surface area contributed by atoms with Crippen molar-refractivity contribution in [3.63, 3.8) is 0 Å². The molecule has 1 aromatic heterocycles. The highest BCUT2D eigenvalue weighted by Crippen LogP contribution is 2.67. The number of unbranched alkanes of at least 4 members (excludes halogenated alkanes) is 1. The first-order chi connectivity index (χ1) is 35.5. The summed E-state index contributed by atoms with van der Waals surface area (Å²) in [6.45, 7) is 13.7. The molecule has 2 amide bonds. The van der Waals surface area contributed by atoms with Gasteiger partial charge in [0.05, 0.1) is 26.0 Å². The number of hydrogen-bond acceptors (Lipinski definition) is 11. The molecule has 402 valence electrons. The third-order valence-corrected chi connectivity index (χ3v) is 17.3. The van der Waals surface area contributed by atoms with E-state index in [0.29, 0.717) is 48.2 Å². The van der Waals surface area contributed by atoms with Crippen LogP contribution in [0.15, 0.2) is 77.7 Å². The number of fused-ring (bicyclic) bond motifs is 5. The van der Waals surface area contributed by atoms with Crippen molar-refractivity contribution in [2.24, 2.45) is 46.3 Å². The van der Waals surface area contributed by atoms with Crippen LogP contribution < -0.4 is 20.1 Å². The lowest BCUT2D eigenvalue weighted by molar-refractivity contribution is -0.129. The number of carbonyl (C=O) groups is 3. The molecule has 3 aromatic rings. The van der Waals surface area contributed by atoms with E-state index < -0.39 is 5.78 Å². The van der Waals surface area contributed by atoms with Crippen LogP contribution in [0.5, 0.6) is 23.0 Å². The summed E-state index contributed by atoms with van der Waals surface area (Å²) in [5.41, 5.74) is 4.02. The summed E-state index contributed by atoms with van der Waals surface area (Å²) in [6.07, 6.45) is 25.5. The van der Waals surface area contributed by atoms with Gasteiger partial charge in [-0.3, -0.25) is 19.1 Å². The smallest absolute Gasteiger partial charge is 0.246 e. The molecule has 0 radical (unpaired) electrons. The first-order valence-corrected chi connectivity index (χ1v) is 27.3. The topological polar surface area (TPSA) is 194 Å². The first kappa shape index (κ1) is 55.9. The first-order valence-electron chi connectivity index (χ1n) is 27.3. The number of benzene rings is 2. The highest BCUT2D eigenvalue weighted by Gasteiger charge is 2.59. The fourth-order valence-corrected chi connectivity index (χ4v) is 13.2. The number of phenolic OH excluding ortho intramolecular Hbond substituents is 2. The molecule has 14 nitrogen and oxygen atoms in total. The number of aromatic hydroxyl groups is 2. The minimum absolute atomic E-state index is 0.000719. The van der Waals surface area contributed by atoms with Crippen LogP contribution in [0.1, 0.15) is 141 Å². The molecule has 0 aliphatic heterocycles. The summed E-state index contributed by atoms with van der Waals surface area (Å²) in [4.78, 5) is 39.1. The van der Waals surface area contributed by atoms with E-state index in [1.54, 1.807) is 52.9 Å². The number of amides is 2. The number of allylic oxidation sites excluding steroid dienone is 4. The van der Waals surface area contributed by atoms with Crippen molar-refractivity contribution < 1.29 is 43.9 Å². The van der Waals surface area contributed by atoms with E-state index in [-0.39, 0.29) is 83.7 Å². The van der Waals surface area contributed by atoms with Crippen molar-refractivity contribution in [2.75, 3.05) is 33.9 Å². The van der Waals surface area contributed by atoms with Crippen molar-refractivity contribution in [2.45, 2.75) is 144 Å². The number of phenols is 2. The SMILES string of the molecule is COc1cc(/C=C/C(=O)/C(Cc2cn(CCCCNC(=O)CCNC(=O)CO[C@H]3CC[C@@]4(C)C(=CC[C@H]5[C@@H]6CC[C@H]([C@H](C)CCCC(C)C)[C@@]6(C)CC[C@@H]54)C3)nn2)=C(O)/C=C/c2ccc(O)c(OC)c2)ccc1O. The van der Waals surface area contributed by atoms with Crippen LogP contribution in [-0.4, -0.2) is 87.9 Å². The van der Waals surface area contributed by atoms with Crippen LogP contribution in [0, 0.1) is 46.3 Å². The molecule has 0 spiro atoms. The van der Waals surface area contributed by atoms with Gasteiger partial charge in [0, 0.05) is 44.2 Å². The summed E-state index contributed by atoms with van der Waals surface area (Å²) >= 11 is 0. The summed E-state index contributed by atoms with van der Waals surface area (Å²) in [5.74, 6) is 4.20. The van der Waals surface area contributed by atoms with Gasteiger partial charge in [-0.15, -0.1) is 5.10 Å². The number of aryl methyl sites for hydroxylation is 1. The molecule has 4 aliphatic rings. The number of hydrogen-bond donors (Lipinski definition) is 5. The molecule has 0 saturated heterocycles. The number of methoxy groups -OCH3 is 2. The van der Waals surface area contributed by atoms with E-state index in [9.17, 15) is 29.7 Å². The van der Waals surface area contributed by atoms with Crippen molar-refractivity contribution in [3.8, 4) is 23.0 Å². The average Bonchev–Trinajstić information content (AvgIpc) is 3.99. The number of aliphatic hydroxyl groups excluding tert-OH is 1. The number of nitrogens with zero attached hydrogens (tertiary/aromatic N) is 3. The third-order valence-electron chi connectivity index (χ3n) is 17.3. The number of carbonyl (C=O) groups excluding carboxylic acids is 3. The predicted octanol–water partition coefficient (Wildman–Crippen LogP) is 10.9. The Bertz CT molecular complexity index is 2540. The second-order valence-electron chi connectivity index (χ2n) is 22.5. The van der Waals surface area contributed by atoms with Gasteiger partial charge in [0.2, 0.25) is 11.8 Å². The molecular weight excluding hydrogens is 935 g/mol. The Morgan fingerprint density at radius 3 is 2.24 bits per heavy atom. The van der Waals surface area contributed by atoms with Gasteiger partial charge in [0.1, 0.15) is 12.4 Å². The lowest BCUT2D eigenvalue weighted by atomic mass is 9.47. The Balaban J connectivity index is 0.808. The Morgan fingerprint density at radius 1 is 0.838 bits per heavy atom. The standard InChI is InChI=1S/C60H83N5O9/c1-39(2)11-10-12-40(3)48-19-20-49-46-18-17-43-35-45(25-28-59(43,4)50(46)26-29-60(48,49)5)74-38-58(71)62-31-27-57(70)61-30-8-9-32-65-37-44(63-64-65)36-47(51(66)21-13-41-15-23-53(68)55(33-41)72-6)52(67)22-14-42-16-24-54(69)56(34-42)73-7/h13-17,21-24,33-34,37,39-40,45-46,48-50,66,68-69H,8-12,18-20,25-32,35-36,38H2,1-7H3,(H,61,70)(H,62,71)/b21-13+,22-14+,51-47-/t40-,45+,46+,48-,49+,50+,59+,60-/m1/s1. The fourth-order valence-electron chi connectivity index (χ4n) is 13.2. The quantitative estimate of drug-likeness (QED) is 0.0178. The maximum Gasteiger partial charge on any atom is 0.246 e. The molecule has 7 rings (SSSR count). The van der Waals surface area contributed by atoms with E-state index in [4.69, 9.17) is 14.2 Å². The summed E-state index contributed by atoms with van der Waals surface area (Å²) in [6, 6.07) is 9.39. The molecule has 74 heavy (non-hydrogen) atoms. The lowest BCUT2D eigenvalue weighted by Gasteiger charge is -2.58. The van der Waals surface area contributed by atoms with Crippen molar-refractivity contribution >= 4 is 29.7 Å². The number of ketones is 1. The third kappa shape index (κ3) is 13.9. The minimum atomic E-state index is -0.469. The second kappa shape index (κ2) is 25.6. The van der Waals surface area contributed by atoms with Gasteiger partial charge in [-0.05, 0) is 158 Å². The van der Waals surface area contributed by atoms with Gasteiger partial charge in [0.15, 0.2) is 28.8 Å². The molecular formula is C60H83N5O9. The van der Waals surface area contributed by atoms with Crippen LogP contribution in [0.3, 0.4) is 0 Å². The Labute approximate surface area is 439 Å². The molecule has 8 atom stereocenters. The number of rotatable bonds is 25. The summed E-state index contributed by atoms with van der Waals surface area (Å²) in [7, 11) is 2.87. The molecule has 14 heteroatoms. The van der Waals surface area contributed by atoms with Crippen LogP contribution in [0.2, 0.25) is 0 Å². The number of aromatic nitrogens is 3. The minimum Gasteiger partial charge on any atom is -0.508 e. The number of nitrogens with one attached hydrogen (secondary N) is 2.